The van der Waals surface area contributed by atoms with Crippen LogP contribution in [0.3, 0.4) is 0 Å². The summed E-state index contributed by atoms with van der Waals surface area (Å²) in [7, 11) is 0.309. The lowest BCUT2D eigenvalue weighted by atomic mass is 9.99. The topological polar surface area (TPSA) is 99.2 Å². The monoisotopic (exact) mass is 399 g/mol. The first-order chi connectivity index (χ1) is 12.5. The van der Waals surface area contributed by atoms with Gasteiger partial charge < -0.3 is 19.6 Å². The number of nitrogens with one attached hydrogen (secondary N) is 1. The molecule has 0 fully saturated rings. The number of rotatable bonds is 6. The fourth-order valence-electron chi connectivity index (χ4n) is 3.10. The number of aliphatic hydroxyl groups excluding tert-OH is 1. The van der Waals surface area contributed by atoms with Crippen LogP contribution in [-0.4, -0.2) is 81.4 Å². The smallest absolute Gasteiger partial charge is 0.258 e. The predicted octanol–water partition coefficient (Wildman–Crippen LogP) is 0.840. The zero-order valence-electron chi connectivity index (χ0n) is 16.5. The molecule has 8 nitrogen and oxygen atoms in total. The third kappa shape index (κ3) is 5.33. The number of hydrogen-bond acceptors (Lipinski definition) is 6. The molecule has 0 bridgehead atoms. The first kappa shape index (κ1) is 21.5. The van der Waals surface area contributed by atoms with E-state index < -0.39 is 10.0 Å². The molecule has 0 unspecified atom stereocenters. The van der Waals surface area contributed by atoms with Crippen LogP contribution in [0.5, 0.6) is 5.75 Å². The summed E-state index contributed by atoms with van der Waals surface area (Å²) in [5, 5.41) is 9.59. The normalized spacial score (nSPS) is 21.9. The fraction of sp³-hybridized carbons (Fsp3) is 0.611. The van der Waals surface area contributed by atoms with Crippen LogP contribution in [0.4, 0.5) is 5.69 Å². The van der Waals surface area contributed by atoms with Crippen LogP contribution in [0.25, 0.3) is 0 Å². The number of fused-ring (bicyclic) bond motifs is 1. The van der Waals surface area contributed by atoms with Crippen molar-refractivity contribution in [1.82, 2.24) is 9.80 Å². The summed E-state index contributed by atoms with van der Waals surface area (Å²) in [4.78, 5) is 16.7. The Labute approximate surface area is 161 Å². The standard InChI is InChI=1S/C18H29N3O5S/c1-12-9-21(13(2)11-22)18(23)14-7-6-8-15(19-27(5,24)25)17(14)26-16(12)10-20(3)4/h6-8,12-13,16,19,22H,9-11H2,1-5H3/t12-,13+,16+/m1/s1. The summed E-state index contributed by atoms with van der Waals surface area (Å²) in [6.07, 6.45) is 0.791. The first-order valence-electron chi connectivity index (χ1n) is 8.87. The van der Waals surface area contributed by atoms with Gasteiger partial charge in [0, 0.05) is 19.0 Å². The Morgan fingerprint density at radius 3 is 2.63 bits per heavy atom. The van der Waals surface area contributed by atoms with Crippen LogP contribution in [-0.2, 0) is 10.0 Å². The minimum absolute atomic E-state index is 0.0233. The zero-order valence-corrected chi connectivity index (χ0v) is 17.3. The number of anilines is 1. The van der Waals surface area contributed by atoms with Gasteiger partial charge in [0.1, 0.15) is 6.10 Å². The Morgan fingerprint density at radius 2 is 2.07 bits per heavy atom. The molecule has 2 rings (SSSR count). The van der Waals surface area contributed by atoms with E-state index in [-0.39, 0.29) is 47.6 Å². The summed E-state index contributed by atoms with van der Waals surface area (Å²) >= 11 is 0. The molecule has 2 N–H and O–H groups in total. The van der Waals surface area contributed by atoms with E-state index >= 15 is 0 Å². The van der Waals surface area contributed by atoms with E-state index in [1.54, 1.807) is 30.0 Å². The lowest BCUT2D eigenvalue weighted by molar-refractivity contribution is 0.0366. The predicted molar refractivity (Wildman–Crippen MR) is 105 cm³/mol. The molecule has 1 heterocycles. The van der Waals surface area contributed by atoms with Crippen LogP contribution >= 0.6 is 0 Å². The number of carbonyl (C=O) groups excluding carboxylic acids is 1. The van der Waals surface area contributed by atoms with Crippen molar-refractivity contribution < 1.29 is 23.1 Å². The second-order valence-electron chi connectivity index (χ2n) is 7.44. The lowest BCUT2D eigenvalue weighted by Gasteiger charge is -2.38. The van der Waals surface area contributed by atoms with Crippen LogP contribution in [0, 0.1) is 5.92 Å². The molecule has 1 aliphatic heterocycles. The maximum atomic E-state index is 13.1. The summed E-state index contributed by atoms with van der Waals surface area (Å²) in [5.41, 5.74) is 0.511. The number of aliphatic hydroxyl groups is 1. The summed E-state index contributed by atoms with van der Waals surface area (Å²) in [6.45, 7) is 4.64. The van der Waals surface area contributed by atoms with Gasteiger partial charge in [0.25, 0.3) is 5.91 Å². The van der Waals surface area contributed by atoms with Crippen molar-refractivity contribution in [3.63, 3.8) is 0 Å². The molecule has 0 saturated carbocycles. The third-order valence-electron chi connectivity index (χ3n) is 4.53. The third-order valence-corrected chi connectivity index (χ3v) is 5.12. The Hall–Kier alpha value is -1.84. The van der Waals surface area contributed by atoms with Crippen molar-refractivity contribution in [2.75, 3.05) is 44.8 Å². The van der Waals surface area contributed by atoms with Gasteiger partial charge in [-0.3, -0.25) is 9.52 Å². The van der Waals surface area contributed by atoms with E-state index in [9.17, 15) is 18.3 Å². The summed E-state index contributed by atoms with van der Waals surface area (Å²) in [6, 6.07) is 4.44. The Bertz CT molecular complexity index is 781. The van der Waals surface area contributed by atoms with Crippen molar-refractivity contribution in [1.29, 1.82) is 0 Å². The average molecular weight is 400 g/mol. The molecule has 1 aromatic rings. The fourth-order valence-corrected chi connectivity index (χ4v) is 3.66. The molecule has 0 saturated heterocycles. The van der Waals surface area contributed by atoms with Crippen LogP contribution in [0.15, 0.2) is 18.2 Å². The maximum Gasteiger partial charge on any atom is 0.258 e. The highest BCUT2D eigenvalue weighted by Gasteiger charge is 2.34. The highest BCUT2D eigenvalue weighted by atomic mass is 32.2. The van der Waals surface area contributed by atoms with E-state index in [2.05, 4.69) is 4.72 Å². The van der Waals surface area contributed by atoms with E-state index in [4.69, 9.17) is 4.74 Å². The van der Waals surface area contributed by atoms with Crippen molar-refractivity contribution in [2.24, 2.45) is 5.92 Å². The van der Waals surface area contributed by atoms with Crippen LogP contribution in [0.2, 0.25) is 0 Å². The lowest BCUT2D eigenvalue weighted by Crippen LogP contribution is -2.49. The van der Waals surface area contributed by atoms with Crippen molar-refractivity contribution in [2.45, 2.75) is 26.0 Å². The Balaban J connectivity index is 2.59. The van der Waals surface area contributed by atoms with Gasteiger partial charge in [0.2, 0.25) is 10.0 Å². The van der Waals surface area contributed by atoms with Gasteiger partial charge in [0.15, 0.2) is 5.75 Å². The second-order valence-corrected chi connectivity index (χ2v) is 9.19. The van der Waals surface area contributed by atoms with Crippen molar-refractivity contribution in [3.8, 4) is 5.75 Å². The number of ether oxygens (including phenoxy) is 1. The molecular weight excluding hydrogens is 370 g/mol. The van der Waals surface area contributed by atoms with E-state index in [0.29, 0.717) is 13.1 Å². The minimum atomic E-state index is -3.54. The largest absolute Gasteiger partial charge is 0.486 e. The molecule has 0 radical (unpaired) electrons. The zero-order chi connectivity index (χ0) is 20.4. The first-order valence-corrected chi connectivity index (χ1v) is 10.8. The Kier molecular flexibility index (Phi) is 6.72. The van der Waals surface area contributed by atoms with Gasteiger partial charge >= 0.3 is 0 Å². The summed E-state index contributed by atoms with van der Waals surface area (Å²) < 4.78 is 32.2. The van der Waals surface area contributed by atoms with Gasteiger partial charge in [0.05, 0.1) is 30.2 Å². The number of carbonyl (C=O) groups is 1. The Morgan fingerprint density at radius 1 is 1.41 bits per heavy atom. The van der Waals surface area contributed by atoms with Gasteiger partial charge in [-0.25, -0.2) is 8.42 Å². The van der Waals surface area contributed by atoms with E-state index in [1.807, 2.05) is 25.9 Å². The van der Waals surface area contributed by atoms with Gasteiger partial charge in [-0.05, 0) is 33.2 Å². The van der Waals surface area contributed by atoms with Crippen LogP contribution in [0.1, 0.15) is 24.2 Å². The molecule has 3 atom stereocenters. The number of para-hydroxylation sites is 1. The van der Waals surface area contributed by atoms with Crippen LogP contribution < -0.4 is 9.46 Å². The number of hydrogen-bond donors (Lipinski definition) is 2. The van der Waals surface area contributed by atoms with Gasteiger partial charge in [-0.15, -0.1) is 0 Å². The minimum Gasteiger partial charge on any atom is -0.486 e. The quantitative estimate of drug-likeness (QED) is 0.735. The van der Waals surface area contributed by atoms with E-state index in [1.165, 1.54) is 0 Å². The van der Waals surface area contributed by atoms with E-state index in [0.717, 1.165) is 6.26 Å². The van der Waals surface area contributed by atoms with Crippen molar-refractivity contribution in [3.05, 3.63) is 23.8 Å². The highest BCUT2D eigenvalue weighted by molar-refractivity contribution is 7.92. The molecule has 27 heavy (non-hydrogen) atoms. The number of sulfonamides is 1. The average Bonchev–Trinajstić information content (AvgIpc) is 2.56. The molecule has 0 aliphatic carbocycles. The molecule has 1 amide bonds. The number of likely N-dealkylation sites (N-methyl/N-ethyl adjacent to an activating group) is 1. The SMILES string of the molecule is C[C@@H]1CN([C@@H](C)CO)C(=O)c2cccc(NS(C)(=O)=O)c2O[C@H]1CN(C)C. The molecular formula is C18H29N3O5S. The molecule has 1 aliphatic rings. The molecule has 152 valence electrons. The summed E-state index contributed by atoms with van der Waals surface area (Å²) in [5.74, 6) is -0.0925. The molecule has 0 aromatic heterocycles. The highest BCUT2D eigenvalue weighted by Crippen LogP contribution is 2.35. The number of nitrogens with zero attached hydrogens (tertiary/aromatic N) is 2. The van der Waals surface area contributed by atoms with Crippen molar-refractivity contribution >= 4 is 21.6 Å². The maximum absolute atomic E-state index is 13.1. The number of benzene rings is 1. The van der Waals surface area contributed by atoms with Gasteiger partial charge in [-0.1, -0.05) is 13.0 Å². The number of amides is 1. The van der Waals surface area contributed by atoms with Gasteiger partial charge in [-0.2, -0.15) is 0 Å². The molecule has 0 spiro atoms. The second kappa shape index (κ2) is 8.45. The molecule has 9 heteroatoms. The molecule has 1 aromatic carbocycles.